The highest BCUT2D eigenvalue weighted by atomic mass is 35.5. The SMILES string of the molecule is CCCCCC(O)(C(Cl)CCCC)[C@@H](NS(=O)(=O)c1ccccc1)[C@@H](C)CC. The fourth-order valence-electron chi connectivity index (χ4n) is 3.58. The molecule has 0 aliphatic carbocycles. The Morgan fingerprint density at radius 2 is 1.68 bits per heavy atom. The molecule has 0 fully saturated rings. The molecule has 1 aromatic rings. The van der Waals surface area contributed by atoms with Crippen LogP contribution in [0.5, 0.6) is 0 Å². The number of rotatable bonds is 14. The molecule has 4 atom stereocenters. The van der Waals surface area contributed by atoms with Crippen LogP contribution in [0.15, 0.2) is 35.2 Å². The minimum absolute atomic E-state index is 0.0482. The predicted octanol–water partition coefficient (Wildman–Crippen LogP) is 5.49. The van der Waals surface area contributed by atoms with Crippen molar-refractivity contribution in [3.63, 3.8) is 0 Å². The summed E-state index contributed by atoms with van der Waals surface area (Å²) < 4.78 is 28.8. The lowest BCUT2D eigenvalue weighted by atomic mass is 9.77. The maximum atomic E-state index is 13.0. The van der Waals surface area contributed by atoms with Crippen molar-refractivity contribution in [3.8, 4) is 0 Å². The first-order chi connectivity index (χ1) is 13.2. The molecule has 1 aromatic carbocycles. The van der Waals surface area contributed by atoms with E-state index in [-0.39, 0.29) is 10.8 Å². The molecule has 0 spiro atoms. The average molecular weight is 432 g/mol. The van der Waals surface area contributed by atoms with Crippen molar-refractivity contribution in [2.75, 3.05) is 0 Å². The second-order valence-electron chi connectivity index (χ2n) is 7.86. The molecule has 4 nitrogen and oxygen atoms in total. The lowest BCUT2D eigenvalue weighted by molar-refractivity contribution is -0.0243. The van der Waals surface area contributed by atoms with Crippen molar-refractivity contribution in [2.24, 2.45) is 5.92 Å². The maximum absolute atomic E-state index is 13.0. The summed E-state index contributed by atoms with van der Waals surface area (Å²) in [6, 6.07) is 7.69. The van der Waals surface area contributed by atoms with E-state index in [0.717, 1.165) is 38.5 Å². The van der Waals surface area contributed by atoms with Crippen LogP contribution < -0.4 is 4.72 Å². The van der Waals surface area contributed by atoms with Gasteiger partial charge < -0.3 is 5.11 Å². The summed E-state index contributed by atoms with van der Waals surface area (Å²) in [5.41, 5.74) is -1.29. The van der Waals surface area contributed by atoms with Crippen molar-refractivity contribution in [2.45, 2.75) is 101 Å². The average Bonchev–Trinajstić information content (AvgIpc) is 2.70. The van der Waals surface area contributed by atoms with E-state index in [4.69, 9.17) is 11.6 Å². The Kier molecular flexibility index (Phi) is 11.0. The van der Waals surface area contributed by atoms with Crippen molar-refractivity contribution in [3.05, 3.63) is 30.3 Å². The Bertz CT molecular complexity index is 653. The summed E-state index contributed by atoms with van der Waals surface area (Å²) in [5.74, 6) is -0.0482. The van der Waals surface area contributed by atoms with Gasteiger partial charge in [-0.2, -0.15) is 0 Å². The highest BCUT2D eigenvalue weighted by molar-refractivity contribution is 7.89. The molecule has 0 aliphatic heterocycles. The number of hydrogen-bond acceptors (Lipinski definition) is 3. The van der Waals surface area contributed by atoms with E-state index >= 15 is 0 Å². The van der Waals surface area contributed by atoms with Gasteiger partial charge in [-0.15, -0.1) is 11.6 Å². The van der Waals surface area contributed by atoms with Crippen molar-refractivity contribution in [1.29, 1.82) is 0 Å². The molecule has 2 unspecified atom stereocenters. The molecule has 0 aliphatic rings. The molecular weight excluding hydrogens is 394 g/mol. The molecule has 0 aromatic heterocycles. The van der Waals surface area contributed by atoms with Crippen molar-refractivity contribution < 1.29 is 13.5 Å². The van der Waals surface area contributed by atoms with Crippen LogP contribution in [0.25, 0.3) is 0 Å². The van der Waals surface area contributed by atoms with Gasteiger partial charge in [-0.25, -0.2) is 13.1 Å². The summed E-state index contributed by atoms with van der Waals surface area (Å²) in [5, 5.41) is 11.2. The highest BCUT2D eigenvalue weighted by Crippen LogP contribution is 2.35. The Morgan fingerprint density at radius 3 is 2.21 bits per heavy atom. The van der Waals surface area contributed by atoms with Gasteiger partial charge in [0, 0.05) is 0 Å². The lowest BCUT2D eigenvalue weighted by Gasteiger charge is -2.43. The minimum atomic E-state index is -3.75. The molecule has 0 radical (unpaired) electrons. The number of alkyl halides is 1. The van der Waals surface area contributed by atoms with E-state index in [9.17, 15) is 13.5 Å². The van der Waals surface area contributed by atoms with Gasteiger partial charge in [0.05, 0.1) is 21.9 Å². The molecule has 0 heterocycles. The topological polar surface area (TPSA) is 66.4 Å². The highest BCUT2D eigenvalue weighted by Gasteiger charge is 2.46. The van der Waals surface area contributed by atoms with Gasteiger partial charge in [-0.1, -0.05) is 84.4 Å². The first kappa shape index (κ1) is 25.4. The third-order valence-electron chi connectivity index (χ3n) is 5.62. The van der Waals surface area contributed by atoms with Gasteiger partial charge in [0.1, 0.15) is 0 Å². The number of nitrogens with one attached hydrogen (secondary N) is 1. The van der Waals surface area contributed by atoms with E-state index in [0.29, 0.717) is 12.8 Å². The first-order valence-electron chi connectivity index (χ1n) is 10.7. The number of aliphatic hydroxyl groups is 1. The third kappa shape index (κ3) is 7.01. The van der Waals surface area contributed by atoms with Crippen LogP contribution in [0.2, 0.25) is 0 Å². The Balaban J connectivity index is 3.25. The number of unbranched alkanes of at least 4 members (excludes halogenated alkanes) is 3. The van der Waals surface area contributed by atoms with Crippen LogP contribution in [0.3, 0.4) is 0 Å². The minimum Gasteiger partial charge on any atom is -0.387 e. The van der Waals surface area contributed by atoms with Gasteiger partial charge >= 0.3 is 0 Å². The van der Waals surface area contributed by atoms with Crippen LogP contribution in [-0.4, -0.2) is 30.5 Å². The zero-order valence-electron chi connectivity index (χ0n) is 17.8. The molecular formula is C22H38ClNO3S. The molecule has 0 amide bonds. The first-order valence-corrected chi connectivity index (χ1v) is 12.6. The number of sulfonamides is 1. The molecule has 0 saturated heterocycles. The Hall–Kier alpha value is -0.620. The van der Waals surface area contributed by atoms with E-state index in [1.807, 2.05) is 13.8 Å². The summed E-state index contributed by atoms with van der Waals surface area (Å²) in [6.45, 7) is 8.19. The van der Waals surface area contributed by atoms with E-state index in [1.165, 1.54) is 0 Å². The summed E-state index contributed by atoms with van der Waals surface area (Å²) in [6.07, 6.45) is 6.63. The molecule has 1 rings (SSSR count). The van der Waals surface area contributed by atoms with Crippen LogP contribution in [0.1, 0.15) is 79.1 Å². The zero-order valence-corrected chi connectivity index (χ0v) is 19.4. The second-order valence-corrected chi connectivity index (χ2v) is 10.1. The van der Waals surface area contributed by atoms with Gasteiger partial charge in [0.15, 0.2) is 0 Å². The number of benzene rings is 1. The summed E-state index contributed by atoms with van der Waals surface area (Å²) in [7, 11) is -3.75. The van der Waals surface area contributed by atoms with Crippen LogP contribution in [-0.2, 0) is 10.0 Å². The van der Waals surface area contributed by atoms with E-state index in [1.54, 1.807) is 30.3 Å². The zero-order chi connectivity index (χ0) is 21.2. The fourth-order valence-corrected chi connectivity index (χ4v) is 5.40. The summed E-state index contributed by atoms with van der Waals surface area (Å²) >= 11 is 6.73. The molecule has 2 N–H and O–H groups in total. The van der Waals surface area contributed by atoms with Crippen LogP contribution in [0, 0.1) is 5.92 Å². The van der Waals surface area contributed by atoms with E-state index < -0.39 is 27.0 Å². The number of hydrogen-bond donors (Lipinski definition) is 2. The molecule has 28 heavy (non-hydrogen) atoms. The quantitative estimate of drug-likeness (QED) is 0.302. The standard InChI is InChI=1S/C22H38ClNO3S/c1-5-8-13-17-22(25,20(23)16-9-6-2)21(18(4)7-3)24-28(26,27)19-14-11-10-12-15-19/h10-12,14-15,18,20-21,24-25H,5-9,13,16-17H2,1-4H3/t18-,20?,21-,22?/m0/s1. The second kappa shape index (κ2) is 12.2. The maximum Gasteiger partial charge on any atom is 0.240 e. The normalized spacial score (nSPS) is 17.6. The number of halogens is 1. The van der Waals surface area contributed by atoms with E-state index in [2.05, 4.69) is 18.6 Å². The molecule has 0 saturated carbocycles. The van der Waals surface area contributed by atoms with Gasteiger partial charge in [-0.3, -0.25) is 0 Å². The Morgan fingerprint density at radius 1 is 1.07 bits per heavy atom. The molecule has 162 valence electrons. The summed E-state index contributed by atoms with van der Waals surface area (Å²) in [4.78, 5) is 0.207. The predicted molar refractivity (Wildman–Crippen MR) is 118 cm³/mol. The van der Waals surface area contributed by atoms with Crippen LogP contribution >= 0.6 is 11.6 Å². The monoisotopic (exact) mass is 431 g/mol. The molecule has 0 bridgehead atoms. The van der Waals surface area contributed by atoms with Crippen molar-refractivity contribution in [1.82, 2.24) is 4.72 Å². The smallest absolute Gasteiger partial charge is 0.240 e. The fraction of sp³-hybridized carbons (Fsp3) is 0.727. The Labute approximate surface area is 177 Å². The van der Waals surface area contributed by atoms with Gasteiger partial charge in [0.25, 0.3) is 0 Å². The third-order valence-corrected chi connectivity index (χ3v) is 7.67. The molecule has 6 heteroatoms. The lowest BCUT2D eigenvalue weighted by Crippen LogP contribution is -2.60. The van der Waals surface area contributed by atoms with Crippen LogP contribution in [0.4, 0.5) is 0 Å². The largest absolute Gasteiger partial charge is 0.387 e. The van der Waals surface area contributed by atoms with Gasteiger partial charge in [0.2, 0.25) is 10.0 Å². The van der Waals surface area contributed by atoms with Gasteiger partial charge in [-0.05, 0) is 30.9 Å². The van der Waals surface area contributed by atoms with Crippen molar-refractivity contribution >= 4 is 21.6 Å².